The van der Waals surface area contributed by atoms with Crippen molar-refractivity contribution >= 4 is 17.5 Å². The second-order valence-corrected chi connectivity index (χ2v) is 7.04. The highest BCUT2D eigenvalue weighted by Gasteiger charge is 2.34. The number of aryl methyl sites for hydroxylation is 1. The molecular weight excluding hydrogens is 333 g/mol. The summed E-state index contributed by atoms with van der Waals surface area (Å²) in [6.07, 6.45) is 3.97. The number of likely N-dealkylation sites (N-methyl/N-ethyl adjacent to an activating group) is 1. The molecule has 1 aliphatic heterocycles. The van der Waals surface area contributed by atoms with Gasteiger partial charge in [-0.2, -0.15) is 0 Å². The summed E-state index contributed by atoms with van der Waals surface area (Å²) in [5, 5.41) is 0. The largest absolute Gasteiger partial charge is 0.341 e. The smallest absolute Gasteiger partial charge is 0.242 e. The van der Waals surface area contributed by atoms with Gasteiger partial charge in [0.2, 0.25) is 11.8 Å². The van der Waals surface area contributed by atoms with E-state index in [2.05, 4.69) is 4.98 Å². The Bertz CT molecular complexity index is 908. The Hall–Kier alpha value is -2.76. The van der Waals surface area contributed by atoms with Crippen molar-refractivity contribution in [2.24, 2.45) is 0 Å². The van der Waals surface area contributed by atoms with Crippen LogP contribution in [0.1, 0.15) is 24.1 Å². The predicted octanol–water partition coefficient (Wildman–Crippen LogP) is 2.71. The zero-order valence-corrected chi connectivity index (χ0v) is 14.8. The molecule has 2 aromatic rings. The Kier molecular flexibility index (Phi) is 3.98. The number of pyridine rings is 1. The van der Waals surface area contributed by atoms with Crippen molar-refractivity contribution in [3.05, 3.63) is 47.5 Å². The fraction of sp³-hybridized carbons (Fsp3) is 0.350. The van der Waals surface area contributed by atoms with E-state index in [1.807, 2.05) is 13.0 Å². The summed E-state index contributed by atoms with van der Waals surface area (Å²) in [5.74, 6) is -0.457. The van der Waals surface area contributed by atoms with E-state index in [0.29, 0.717) is 17.4 Å². The van der Waals surface area contributed by atoms with Crippen LogP contribution in [0.5, 0.6) is 0 Å². The molecule has 1 saturated carbocycles. The Morgan fingerprint density at radius 1 is 1.35 bits per heavy atom. The fourth-order valence-electron chi connectivity index (χ4n) is 3.41. The zero-order valence-electron chi connectivity index (χ0n) is 14.8. The highest BCUT2D eigenvalue weighted by atomic mass is 19.1. The number of halogens is 1. The predicted molar refractivity (Wildman–Crippen MR) is 96.2 cm³/mol. The number of amides is 2. The van der Waals surface area contributed by atoms with Gasteiger partial charge in [-0.05, 0) is 49.1 Å². The Morgan fingerprint density at radius 2 is 2.12 bits per heavy atom. The SMILES string of the molecule is Cc1cc(F)ccc1-c1cnc2c(c1)N(CC(=O)N(C)C1CC1)C(=O)C2. The Labute approximate surface area is 151 Å². The molecule has 5 nitrogen and oxygen atoms in total. The van der Waals surface area contributed by atoms with Gasteiger partial charge in [-0.15, -0.1) is 0 Å². The van der Waals surface area contributed by atoms with Crippen LogP contribution in [-0.4, -0.2) is 41.3 Å². The van der Waals surface area contributed by atoms with Gasteiger partial charge in [-0.1, -0.05) is 6.07 Å². The maximum Gasteiger partial charge on any atom is 0.242 e. The van der Waals surface area contributed by atoms with Gasteiger partial charge in [0, 0.05) is 24.8 Å². The summed E-state index contributed by atoms with van der Waals surface area (Å²) in [6.45, 7) is 1.87. The Balaban J connectivity index is 1.64. The summed E-state index contributed by atoms with van der Waals surface area (Å²) < 4.78 is 13.4. The van der Waals surface area contributed by atoms with Gasteiger partial charge < -0.3 is 9.80 Å². The van der Waals surface area contributed by atoms with Crippen LogP contribution in [0.25, 0.3) is 11.1 Å². The molecule has 2 heterocycles. The number of hydrogen-bond donors (Lipinski definition) is 0. The van der Waals surface area contributed by atoms with Gasteiger partial charge in [0.15, 0.2) is 0 Å². The lowest BCUT2D eigenvalue weighted by Gasteiger charge is -2.22. The first-order valence-electron chi connectivity index (χ1n) is 8.75. The highest BCUT2D eigenvalue weighted by Crippen LogP contribution is 2.33. The number of nitrogens with zero attached hydrogens (tertiary/aromatic N) is 3. The summed E-state index contributed by atoms with van der Waals surface area (Å²) in [7, 11) is 1.79. The number of rotatable bonds is 4. The number of carbonyl (C=O) groups excluding carboxylic acids is 2. The molecule has 2 aliphatic rings. The molecule has 26 heavy (non-hydrogen) atoms. The number of carbonyl (C=O) groups is 2. The first kappa shape index (κ1) is 16.7. The second kappa shape index (κ2) is 6.20. The van der Waals surface area contributed by atoms with Gasteiger partial charge in [-0.25, -0.2) is 4.39 Å². The van der Waals surface area contributed by atoms with E-state index in [1.165, 1.54) is 17.0 Å². The van der Waals surface area contributed by atoms with E-state index in [0.717, 1.165) is 29.5 Å². The number of aromatic nitrogens is 1. The van der Waals surface area contributed by atoms with Gasteiger partial charge in [-0.3, -0.25) is 14.6 Å². The number of fused-ring (bicyclic) bond motifs is 1. The molecule has 0 unspecified atom stereocenters. The molecule has 0 bridgehead atoms. The second-order valence-electron chi connectivity index (χ2n) is 7.04. The minimum Gasteiger partial charge on any atom is -0.341 e. The molecule has 0 saturated heterocycles. The number of hydrogen-bond acceptors (Lipinski definition) is 3. The van der Waals surface area contributed by atoms with Crippen molar-refractivity contribution in [2.75, 3.05) is 18.5 Å². The van der Waals surface area contributed by atoms with Crippen molar-refractivity contribution in [2.45, 2.75) is 32.2 Å². The van der Waals surface area contributed by atoms with Crippen molar-refractivity contribution in [1.29, 1.82) is 0 Å². The highest BCUT2D eigenvalue weighted by molar-refractivity contribution is 6.05. The molecule has 2 amide bonds. The third kappa shape index (κ3) is 2.96. The zero-order chi connectivity index (χ0) is 18.4. The van der Waals surface area contributed by atoms with Gasteiger partial charge >= 0.3 is 0 Å². The minimum absolute atomic E-state index is 0.0341. The van der Waals surface area contributed by atoms with Crippen molar-refractivity contribution < 1.29 is 14.0 Å². The monoisotopic (exact) mass is 353 g/mol. The maximum atomic E-state index is 13.4. The number of benzene rings is 1. The first-order chi connectivity index (χ1) is 12.4. The van der Waals surface area contributed by atoms with Crippen LogP contribution < -0.4 is 4.90 Å². The van der Waals surface area contributed by atoms with Crippen LogP contribution in [0.15, 0.2) is 30.5 Å². The molecule has 0 N–H and O–H groups in total. The Morgan fingerprint density at radius 3 is 2.81 bits per heavy atom. The summed E-state index contributed by atoms with van der Waals surface area (Å²) >= 11 is 0. The van der Waals surface area contributed by atoms with E-state index in [-0.39, 0.29) is 30.6 Å². The van der Waals surface area contributed by atoms with E-state index in [4.69, 9.17) is 0 Å². The summed E-state index contributed by atoms with van der Waals surface area (Å²) in [6, 6.07) is 6.77. The van der Waals surface area contributed by atoms with E-state index in [1.54, 1.807) is 24.2 Å². The lowest BCUT2D eigenvalue weighted by molar-refractivity contribution is -0.130. The van der Waals surface area contributed by atoms with Gasteiger partial charge in [0.25, 0.3) is 0 Å². The fourth-order valence-corrected chi connectivity index (χ4v) is 3.41. The van der Waals surface area contributed by atoms with E-state index < -0.39 is 0 Å². The number of anilines is 1. The van der Waals surface area contributed by atoms with Crippen LogP contribution in [0, 0.1) is 12.7 Å². The topological polar surface area (TPSA) is 53.5 Å². The standard InChI is InChI=1S/C20H20FN3O2/c1-12-7-14(21)3-6-16(12)13-8-18-17(22-10-13)9-19(25)24(18)11-20(26)23(2)15-4-5-15/h3,6-8,10,15H,4-5,9,11H2,1-2H3. The summed E-state index contributed by atoms with van der Waals surface area (Å²) in [5.41, 5.74) is 3.83. The minimum atomic E-state index is -0.286. The quantitative estimate of drug-likeness (QED) is 0.849. The van der Waals surface area contributed by atoms with Crippen LogP contribution >= 0.6 is 0 Å². The lowest BCUT2D eigenvalue weighted by atomic mass is 10.0. The molecule has 1 aliphatic carbocycles. The molecule has 0 radical (unpaired) electrons. The third-order valence-corrected chi connectivity index (χ3v) is 5.14. The van der Waals surface area contributed by atoms with Gasteiger partial charge in [0.05, 0.1) is 17.8 Å². The molecule has 1 aromatic heterocycles. The van der Waals surface area contributed by atoms with Crippen LogP contribution in [0.2, 0.25) is 0 Å². The summed E-state index contributed by atoms with van der Waals surface area (Å²) in [4.78, 5) is 32.5. The normalized spacial score (nSPS) is 16.0. The molecule has 0 spiro atoms. The van der Waals surface area contributed by atoms with Crippen LogP contribution in [0.3, 0.4) is 0 Å². The van der Waals surface area contributed by atoms with Crippen molar-refractivity contribution in [3.63, 3.8) is 0 Å². The third-order valence-electron chi connectivity index (χ3n) is 5.14. The van der Waals surface area contributed by atoms with Crippen LogP contribution in [-0.2, 0) is 16.0 Å². The van der Waals surface area contributed by atoms with E-state index >= 15 is 0 Å². The van der Waals surface area contributed by atoms with Crippen LogP contribution in [0.4, 0.5) is 10.1 Å². The average Bonchev–Trinajstić information content (AvgIpc) is 3.40. The molecule has 1 fully saturated rings. The molecular formula is C20H20FN3O2. The van der Waals surface area contributed by atoms with Crippen molar-refractivity contribution in [1.82, 2.24) is 9.88 Å². The first-order valence-corrected chi connectivity index (χ1v) is 8.75. The molecule has 1 aromatic carbocycles. The maximum absolute atomic E-state index is 13.4. The van der Waals surface area contributed by atoms with E-state index in [9.17, 15) is 14.0 Å². The molecule has 6 heteroatoms. The average molecular weight is 353 g/mol. The molecule has 134 valence electrons. The lowest BCUT2D eigenvalue weighted by Crippen LogP contribution is -2.40. The van der Waals surface area contributed by atoms with Gasteiger partial charge in [0.1, 0.15) is 12.4 Å². The molecule has 0 atom stereocenters. The molecule has 4 rings (SSSR count). The van der Waals surface area contributed by atoms with Crippen molar-refractivity contribution in [3.8, 4) is 11.1 Å².